The summed E-state index contributed by atoms with van der Waals surface area (Å²) in [5, 5.41) is 0.527. The highest BCUT2D eigenvalue weighted by atomic mass is 32.2. The number of rotatable bonds is 13. The fraction of sp³-hybridized carbons (Fsp3) is 0.485. The Morgan fingerprint density at radius 3 is 2.11 bits per heavy atom. The number of ether oxygens (including phenoxy) is 6. The molecule has 4 rings (SSSR count). The van der Waals surface area contributed by atoms with E-state index in [0.717, 1.165) is 40.5 Å². The molecule has 0 N–H and O–H groups in total. The molecule has 0 amide bonds. The normalized spacial score (nSPS) is 21.1. The lowest BCUT2D eigenvalue weighted by atomic mass is 9.99. The molecule has 1 saturated heterocycles. The van der Waals surface area contributed by atoms with E-state index in [1.165, 1.54) is 27.7 Å². The van der Waals surface area contributed by atoms with Gasteiger partial charge in [-0.2, -0.15) is 0 Å². The van der Waals surface area contributed by atoms with Crippen molar-refractivity contribution in [3.8, 4) is 5.75 Å². The van der Waals surface area contributed by atoms with Crippen LogP contribution in [-0.2, 0) is 49.4 Å². The first kappa shape index (κ1) is 34.8. The second kappa shape index (κ2) is 15.9. The van der Waals surface area contributed by atoms with E-state index in [1.54, 1.807) is 0 Å². The lowest BCUT2D eigenvalue weighted by Crippen LogP contribution is -2.61. The van der Waals surface area contributed by atoms with E-state index in [2.05, 4.69) is 13.8 Å². The molecule has 2 aromatic carbocycles. The number of carbonyl (C=O) groups is 4. The van der Waals surface area contributed by atoms with E-state index < -0.39 is 53.7 Å². The van der Waals surface area contributed by atoms with Crippen LogP contribution in [0.5, 0.6) is 5.75 Å². The molecular weight excluding hydrogens is 616 g/mol. The fourth-order valence-corrected chi connectivity index (χ4v) is 6.16. The second-order valence-corrected chi connectivity index (χ2v) is 12.4. The van der Waals surface area contributed by atoms with Crippen LogP contribution < -0.4 is 4.74 Å². The molecule has 1 aromatic heterocycles. The zero-order valence-corrected chi connectivity index (χ0v) is 27.6. The molecule has 1 aliphatic heterocycles. The molecule has 5 unspecified atom stereocenters. The molecule has 1 fully saturated rings. The second-order valence-electron chi connectivity index (χ2n) is 11.3. The molecule has 0 saturated carbocycles. The fourth-order valence-electron chi connectivity index (χ4n) is 4.97. The topological polar surface area (TPSA) is 141 Å². The van der Waals surface area contributed by atoms with E-state index >= 15 is 0 Å². The lowest BCUT2D eigenvalue weighted by Gasteiger charge is -2.44. The zero-order valence-electron chi connectivity index (χ0n) is 26.8. The van der Waals surface area contributed by atoms with Gasteiger partial charge in [-0.3, -0.25) is 19.2 Å². The van der Waals surface area contributed by atoms with Gasteiger partial charge in [0.05, 0.1) is 24.2 Å². The molecule has 12 nitrogen and oxygen atoms in total. The number of nitrogens with zero attached hydrogens (tertiary/aromatic N) is 2. The summed E-state index contributed by atoms with van der Waals surface area (Å²) in [6, 6.07) is 15.5. The maximum Gasteiger partial charge on any atom is 0.303 e. The molecule has 0 radical (unpaired) electrons. The van der Waals surface area contributed by atoms with Gasteiger partial charge in [0.2, 0.25) is 0 Å². The number of fused-ring (bicyclic) bond motifs is 1. The summed E-state index contributed by atoms with van der Waals surface area (Å²) in [6.07, 6.45) is -3.80. The standard InChI is InChI=1S/C33H40N2O10S/c1-19(2)15-16-40-25-13-11-24(12-14-25)17-35-27-10-8-7-9-26(27)34-33(35)46-32-31(44-23(6)39)30(43-22(5)38)29(42-21(4)37)28(45-32)18-41-20(3)36/h7-14,19,28-32H,15-18H2,1-6H3. The van der Waals surface area contributed by atoms with Crippen LogP contribution >= 0.6 is 11.8 Å². The van der Waals surface area contributed by atoms with Crippen LogP contribution in [0.25, 0.3) is 11.0 Å². The van der Waals surface area contributed by atoms with Gasteiger partial charge in [0.15, 0.2) is 28.9 Å². The first-order valence-electron chi connectivity index (χ1n) is 15.1. The van der Waals surface area contributed by atoms with Gasteiger partial charge in [-0.05, 0) is 42.2 Å². The monoisotopic (exact) mass is 656 g/mol. The number of para-hydroxylation sites is 2. The van der Waals surface area contributed by atoms with E-state index in [1.807, 2.05) is 53.1 Å². The summed E-state index contributed by atoms with van der Waals surface area (Å²) >= 11 is 1.15. The van der Waals surface area contributed by atoms with Crippen LogP contribution in [0.3, 0.4) is 0 Å². The highest BCUT2D eigenvalue weighted by Crippen LogP contribution is 2.38. The third-order valence-corrected chi connectivity index (χ3v) is 8.15. The molecule has 46 heavy (non-hydrogen) atoms. The molecule has 248 valence electrons. The summed E-state index contributed by atoms with van der Waals surface area (Å²) < 4.78 is 36.2. The van der Waals surface area contributed by atoms with Crippen molar-refractivity contribution >= 4 is 46.7 Å². The van der Waals surface area contributed by atoms with Gasteiger partial charge in [-0.1, -0.05) is 49.9 Å². The first-order chi connectivity index (χ1) is 21.9. The molecular formula is C33H40N2O10S. The third-order valence-electron chi connectivity index (χ3n) is 7.02. The largest absolute Gasteiger partial charge is 0.494 e. The number of thioether (sulfide) groups is 1. The van der Waals surface area contributed by atoms with Crippen LogP contribution in [0.15, 0.2) is 53.7 Å². The average Bonchev–Trinajstić information content (AvgIpc) is 3.31. The summed E-state index contributed by atoms with van der Waals surface area (Å²) in [7, 11) is 0. The maximum atomic E-state index is 12.3. The van der Waals surface area contributed by atoms with Gasteiger partial charge in [-0.25, -0.2) is 4.98 Å². The smallest absolute Gasteiger partial charge is 0.303 e. The van der Waals surface area contributed by atoms with Crippen molar-refractivity contribution in [1.29, 1.82) is 0 Å². The minimum absolute atomic E-state index is 0.309. The van der Waals surface area contributed by atoms with Crippen molar-refractivity contribution in [3.63, 3.8) is 0 Å². The van der Waals surface area contributed by atoms with Gasteiger partial charge in [0, 0.05) is 27.7 Å². The SMILES string of the molecule is CC(=O)OCC1OC(Sc2nc3ccccc3n2Cc2ccc(OCCC(C)C)cc2)C(OC(C)=O)C(OC(C)=O)C1OC(C)=O. The number of aromatic nitrogens is 2. The summed E-state index contributed by atoms with van der Waals surface area (Å²) in [5.41, 5.74) is 1.56. The zero-order chi connectivity index (χ0) is 33.4. The average molecular weight is 657 g/mol. The molecule has 13 heteroatoms. The van der Waals surface area contributed by atoms with E-state index in [4.69, 9.17) is 33.4 Å². The van der Waals surface area contributed by atoms with Crippen molar-refractivity contribution in [2.75, 3.05) is 13.2 Å². The van der Waals surface area contributed by atoms with Crippen LogP contribution in [-0.4, -0.2) is 76.5 Å². The van der Waals surface area contributed by atoms with Crippen LogP contribution in [0, 0.1) is 5.92 Å². The Hall–Kier alpha value is -4.10. The summed E-state index contributed by atoms with van der Waals surface area (Å²) in [5.74, 6) is -1.30. The quantitative estimate of drug-likeness (QED) is 0.186. The van der Waals surface area contributed by atoms with E-state index in [-0.39, 0.29) is 6.61 Å². The van der Waals surface area contributed by atoms with Gasteiger partial charge < -0.3 is 33.0 Å². The minimum atomic E-state index is -1.27. The molecule has 1 aliphatic rings. The lowest BCUT2D eigenvalue weighted by molar-refractivity contribution is -0.237. The van der Waals surface area contributed by atoms with E-state index in [0.29, 0.717) is 24.2 Å². The number of esters is 4. The van der Waals surface area contributed by atoms with Crippen LogP contribution in [0.2, 0.25) is 0 Å². The number of imidazole rings is 1. The summed E-state index contributed by atoms with van der Waals surface area (Å²) in [4.78, 5) is 53.2. The molecule has 5 atom stereocenters. The number of carbonyl (C=O) groups excluding carboxylic acids is 4. The number of hydrogen-bond acceptors (Lipinski definition) is 12. The van der Waals surface area contributed by atoms with Crippen LogP contribution in [0.4, 0.5) is 0 Å². The van der Waals surface area contributed by atoms with Gasteiger partial charge >= 0.3 is 23.9 Å². The predicted octanol–water partition coefficient (Wildman–Crippen LogP) is 4.68. The van der Waals surface area contributed by atoms with Gasteiger partial charge in [0.25, 0.3) is 0 Å². The Bertz CT molecular complexity index is 1520. The van der Waals surface area contributed by atoms with Crippen molar-refractivity contribution in [1.82, 2.24) is 9.55 Å². The van der Waals surface area contributed by atoms with Gasteiger partial charge in [-0.15, -0.1) is 0 Å². The molecule has 2 heterocycles. The number of hydrogen-bond donors (Lipinski definition) is 0. The Labute approximate surface area is 272 Å². The van der Waals surface area contributed by atoms with E-state index in [9.17, 15) is 19.2 Å². The Morgan fingerprint density at radius 2 is 1.48 bits per heavy atom. The Kier molecular flexibility index (Phi) is 12.1. The van der Waals surface area contributed by atoms with Gasteiger partial charge in [0.1, 0.15) is 18.5 Å². The molecule has 3 aromatic rings. The highest BCUT2D eigenvalue weighted by molar-refractivity contribution is 7.99. The molecule has 0 spiro atoms. The maximum absolute atomic E-state index is 12.3. The molecule has 0 aliphatic carbocycles. The number of benzene rings is 2. The minimum Gasteiger partial charge on any atom is -0.494 e. The van der Waals surface area contributed by atoms with Crippen molar-refractivity contribution in [2.45, 2.75) is 89.5 Å². The van der Waals surface area contributed by atoms with Crippen molar-refractivity contribution in [2.24, 2.45) is 5.92 Å². The van der Waals surface area contributed by atoms with Crippen LogP contribution in [0.1, 0.15) is 53.5 Å². The Morgan fingerprint density at radius 1 is 0.848 bits per heavy atom. The third kappa shape index (κ3) is 9.46. The Balaban J connectivity index is 1.69. The van der Waals surface area contributed by atoms with Crippen molar-refractivity contribution in [3.05, 3.63) is 54.1 Å². The molecule has 0 bridgehead atoms. The predicted molar refractivity (Wildman–Crippen MR) is 168 cm³/mol. The first-order valence-corrected chi connectivity index (χ1v) is 15.9. The highest BCUT2D eigenvalue weighted by Gasteiger charge is 2.52. The summed E-state index contributed by atoms with van der Waals surface area (Å²) in [6.45, 7) is 9.89. The van der Waals surface area contributed by atoms with Crippen molar-refractivity contribution < 1.29 is 47.6 Å².